The van der Waals surface area contributed by atoms with E-state index in [4.69, 9.17) is 28.0 Å². The van der Waals surface area contributed by atoms with Gasteiger partial charge in [0.25, 0.3) is 0 Å². The molecule has 2 amide bonds. The number of halogens is 3. The minimum absolute atomic E-state index is 0.122. The van der Waals surface area contributed by atoms with E-state index >= 15 is 0 Å². The number of rotatable bonds is 5. The van der Waals surface area contributed by atoms with Gasteiger partial charge in [0.2, 0.25) is 0 Å². The summed E-state index contributed by atoms with van der Waals surface area (Å²) in [6, 6.07) is 11.4. The molecular weight excluding hydrogens is 428 g/mol. The Hall–Kier alpha value is -2.31. The van der Waals surface area contributed by atoms with Crippen molar-refractivity contribution in [2.24, 2.45) is 5.16 Å². The second-order valence-corrected chi connectivity index (χ2v) is 9.06. The third-order valence-corrected chi connectivity index (χ3v) is 5.24. The molecule has 3 rings (SSSR count). The summed E-state index contributed by atoms with van der Waals surface area (Å²) < 4.78 is 14.2. The van der Waals surface area contributed by atoms with Crippen molar-refractivity contribution in [3.63, 3.8) is 0 Å². The Kier molecular flexibility index (Phi) is 6.88. The maximum Gasteiger partial charge on any atom is 0.318 e. The Morgan fingerprint density at radius 2 is 1.97 bits per heavy atom. The van der Waals surface area contributed by atoms with Crippen molar-refractivity contribution >= 4 is 34.9 Å². The highest BCUT2D eigenvalue weighted by Gasteiger charge is 2.29. The van der Waals surface area contributed by atoms with Gasteiger partial charge in [0.05, 0.1) is 28.8 Å². The van der Waals surface area contributed by atoms with Crippen LogP contribution in [0.25, 0.3) is 0 Å². The van der Waals surface area contributed by atoms with Gasteiger partial charge in [-0.25, -0.2) is 9.18 Å². The molecule has 0 bridgehead atoms. The molecule has 1 atom stereocenters. The topological polar surface area (TPSA) is 53.9 Å². The molecule has 0 unspecified atom stereocenters. The first-order valence-electron chi connectivity index (χ1n) is 9.61. The zero-order chi connectivity index (χ0) is 21.9. The first-order chi connectivity index (χ1) is 14.1. The number of nitrogens with zero attached hydrogens (tertiary/aromatic N) is 2. The second-order valence-electron chi connectivity index (χ2n) is 8.25. The fourth-order valence-corrected chi connectivity index (χ4v) is 3.37. The normalized spacial score (nSPS) is 16.1. The SMILES string of the molecule is CC(C)(C)NC(=O)N(Cc1ccccc1F)C[C@@H]1CC(c2ccc(Cl)c(Cl)c2)=NO1. The summed E-state index contributed by atoms with van der Waals surface area (Å²) in [6.45, 7) is 6.05. The molecule has 0 aromatic heterocycles. The van der Waals surface area contributed by atoms with Crippen LogP contribution in [0.2, 0.25) is 10.0 Å². The summed E-state index contributed by atoms with van der Waals surface area (Å²) in [4.78, 5) is 20.0. The number of hydrogen-bond acceptors (Lipinski definition) is 3. The minimum atomic E-state index is -0.428. The van der Waals surface area contributed by atoms with Gasteiger partial charge in [0.1, 0.15) is 5.82 Å². The Balaban J connectivity index is 1.72. The van der Waals surface area contributed by atoms with Crippen LogP contribution >= 0.6 is 23.2 Å². The Morgan fingerprint density at radius 3 is 2.63 bits per heavy atom. The lowest BCUT2D eigenvalue weighted by molar-refractivity contribution is 0.0578. The van der Waals surface area contributed by atoms with Crippen molar-refractivity contribution in [1.82, 2.24) is 10.2 Å². The van der Waals surface area contributed by atoms with Gasteiger partial charge >= 0.3 is 6.03 Å². The number of carbonyl (C=O) groups excluding carboxylic acids is 1. The lowest BCUT2D eigenvalue weighted by Gasteiger charge is -2.29. The van der Waals surface area contributed by atoms with Crippen LogP contribution in [0.4, 0.5) is 9.18 Å². The third-order valence-electron chi connectivity index (χ3n) is 4.50. The van der Waals surface area contributed by atoms with E-state index in [1.165, 1.54) is 6.07 Å². The van der Waals surface area contributed by atoms with Crippen LogP contribution in [0.3, 0.4) is 0 Å². The third kappa shape index (κ3) is 5.86. The summed E-state index contributed by atoms with van der Waals surface area (Å²) >= 11 is 12.1. The van der Waals surface area contributed by atoms with Crippen LogP contribution in [-0.4, -0.2) is 34.8 Å². The van der Waals surface area contributed by atoms with Gasteiger partial charge in [0.15, 0.2) is 6.10 Å². The molecular formula is C22H24Cl2FN3O2. The molecule has 0 spiro atoms. The first kappa shape index (κ1) is 22.4. The first-order valence-corrected chi connectivity index (χ1v) is 10.4. The number of urea groups is 1. The summed E-state index contributed by atoms with van der Waals surface area (Å²) in [5.41, 5.74) is 1.54. The van der Waals surface area contributed by atoms with E-state index in [2.05, 4.69) is 10.5 Å². The van der Waals surface area contributed by atoms with Crippen LogP contribution in [0, 0.1) is 5.82 Å². The van der Waals surface area contributed by atoms with Gasteiger partial charge in [-0.2, -0.15) is 0 Å². The molecule has 1 aliphatic rings. The zero-order valence-corrected chi connectivity index (χ0v) is 18.6. The number of amides is 2. The molecule has 0 saturated heterocycles. The van der Waals surface area contributed by atoms with Crippen LogP contribution in [0.1, 0.15) is 38.3 Å². The average molecular weight is 452 g/mol. The number of nitrogens with one attached hydrogen (secondary N) is 1. The number of hydrogen-bond donors (Lipinski definition) is 1. The highest BCUT2D eigenvalue weighted by Crippen LogP contribution is 2.26. The molecule has 0 radical (unpaired) electrons. The number of oxime groups is 1. The molecule has 30 heavy (non-hydrogen) atoms. The van der Waals surface area contributed by atoms with Crippen molar-refractivity contribution in [2.45, 2.75) is 45.4 Å². The average Bonchev–Trinajstić information content (AvgIpc) is 3.12. The summed E-state index contributed by atoms with van der Waals surface area (Å²) in [7, 11) is 0. The molecule has 5 nitrogen and oxygen atoms in total. The van der Waals surface area contributed by atoms with Crippen molar-refractivity contribution < 1.29 is 14.0 Å². The predicted octanol–water partition coefficient (Wildman–Crippen LogP) is 5.64. The van der Waals surface area contributed by atoms with Crippen molar-refractivity contribution in [3.8, 4) is 0 Å². The Morgan fingerprint density at radius 1 is 1.23 bits per heavy atom. The highest BCUT2D eigenvalue weighted by atomic mass is 35.5. The fourth-order valence-electron chi connectivity index (χ4n) is 3.07. The van der Waals surface area contributed by atoms with Crippen LogP contribution in [0.5, 0.6) is 0 Å². The zero-order valence-electron chi connectivity index (χ0n) is 17.1. The highest BCUT2D eigenvalue weighted by molar-refractivity contribution is 6.42. The molecule has 1 N–H and O–H groups in total. The van der Waals surface area contributed by atoms with E-state index in [1.54, 1.807) is 35.2 Å². The number of carbonyl (C=O) groups is 1. The van der Waals surface area contributed by atoms with Crippen molar-refractivity contribution in [3.05, 3.63) is 69.5 Å². The van der Waals surface area contributed by atoms with E-state index in [-0.39, 0.29) is 31.0 Å². The quantitative estimate of drug-likeness (QED) is 0.639. The largest absolute Gasteiger partial charge is 0.390 e. The minimum Gasteiger partial charge on any atom is -0.390 e. The molecule has 2 aromatic carbocycles. The second kappa shape index (κ2) is 9.23. The lowest BCUT2D eigenvalue weighted by atomic mass is 10.0. The monoisotopic (exact) mass is 451 g/mol. The Bertz CT molecular complexity index is 960. The van der Waals surface area contributed by atoms with Crippen LogP contribution in [0.15, 0.2) is 47.6 Å². The standard InChI is InChI=1S/C22H24Cl2FN3O2/c1-22(2,3)26-21(29)28(12-15-6-4-5-7-19(15)25)13-16-11-20(27-30-16)14-8-9-17(23)18(24)10-14/h4-10,16H,11-13H2,1-3H3,(H,26,29)/t16-/m0/s1. The molecule has 0 saturated carbocycles. The molecule has 1 heterocycles. The fraction of sp³-hybridized carbons (Fsp3) is 0.364. The Labute approximate surface area is 185 Å². The number of benzene rings is 2. The van der Waals surface area contributed by atoms with E-state index in [9.17, 15) is 9.18 Å². The van der Waals surface area contributed by atoms with Gasteiger partial charge in [-0.15, -0.1) is 0 Å². The van der Waals surface area contributed by atoms with E-state index in [0.717, 1.165) is 11.3 Å². The van der Waals surface area contributed by atoms with Gasteiger partial charge in [-0.05, 0) is 39.0 Å². The van der Waals surface area contributed by atoms with Crippen LogP contribution in [-0.2, 0) is 11.4 Å². The molecule has 0 fully saturated rings. The summed E-state index contributed by atoms with van der Waals surface area (Å²) in [5.74, 6) is -0.355. The molecule has 2 aromatic rings. The summed E-state index contributed by atoms with van der Waals surface area (Å²) in [5, 5.41) is 7.98. The van der Waals surface area contributed by atoms with Gasteiger partial charge in [0, 0.05) is 23.1 Å². The molecule has 160 valence electrons. The van der Waals surface area contributed by atoms with E-state index < -0.39 is 5.54 Å². The van der Waals surface area contributed by atoms with Crippen molar-refractivity contribution in [1.29, 1.82) is 0 Å². The molecule has 0 aliphatic carbocycles. The maximum absolute atomic E-state index is 14.2. The lowest BCUT2D eigenvalue weighted by Crippen LogP contribution is -2.50. The van der Waals surface area contributed by atoms with E-state index in [1.807, 2.05) is 26.8 Å². The van der Waals surface area contributed by atoms with Crippen molar-refractivity contribution in [2.75, 3.05) is 6.54 Å². The molecule has 1 aliphatic heterocycles. The predicted molar refractivity (Wildman–Crippen MR) is 118 cm³/mol. The summed E-state index contributed by atoms with van der Waals surface area (Å²) in [6.07, 6.45) is 0.140. The maximum atomic E-state index is 14.2. The smallest absolute Gasteiger partial charge is 0.318 e. The molecule has 8 heteroatoms. The van der Waals surface area contributed by atoms with E-state index in [0.29, 0.717) is 22.0 Å². The van der Waals surface area contributed by atoms with Crippen LogP contribution < -0.4 is 5.32 Å². The van der Waals surface area contributed by atoms with Gasteiger partial charge in [-0.1, -0.05) is 52.6 Å². The van der Waals surface area contributed by atoms with Gasteiger partial charge in [-0.3, -0.25) is 0 Å². The van der Waals surface area contributed by atoms with Gasteiger partial charge < -0.3 is 15.1 Å².